The van der Waals surface area contributed by atoms with Gasteiger partial charge in [-0.25, -0.2) is 4.57 Å². The third kappa shape index (κ3) is 9.35. The van der Waals surface area contributed by atoms with Crippen LogP contribution in [0.25, 0.3) is 0 Å². The Bertz CT molecular complexity index is 1250. The Kier molecular flexibility index (Phi) is 11.9. The van der Waals surface area contributed by atoms with E-state index in [1.54, 1.807) is 41.5 Å². The quantitative estimate of drug-likeness (QED) is 0.132. The van der Waals surface area contributed by atoms with E-state index in [0.717, 1.165) is 36.1 Å². The number of alkyl halides is 3. The van der Waals surface area contributed by atoms with E-state index in [9.17, 15) is 37.7 Å². The third-order valence-corrected chi connectivity index (χ3v) is 6.48. The minimum absolute atomic E-state index is 0.535. The van der Waals surface area contributed by atoms with E-state index in [0.29, 0.717) is 0 Å². The van der Waals surface area contributed by atoms with Crippen LogP contribution >= 0.6 is 0 Å². The zero-order chi connectivity index (χ0) is 33.5. The second kappa shape index (κ2) is 14.3. The van der Waals surface area contributed by atoms with Gasteiger partial charge in [0, 0.05) is 13.0 Å². The minimum atomic E-state index is -4.89. The van der Waals surface area contributed by atoms with Gasteiger partial charge in [0.25, 0.3) is 0 Å². The number of imidazole rings is 1. The van der Waals surface area contributed by atoms with Crippen molar-refractivity contribution in [3.05, 3.63) is 46.8 Å². The maximum atomic E-state index is 14.1. The zero-order valence-electron chi connectivity index (χ0n) is 25.6. The smallest absolute Gasteiger partial charge is 0.436 e. The summed E-state index contributed by atoms with van der Waals surface area (Å²) in [4.78, 5) is 52.4. The fourth-order valence-electron chi connectivity index (χ4n) is 3.90. The SMILES string of the molecule is COC1(C(F)(F)F)C=CC=C[C@H]1CC(=O)O[C@@H](COC(=O)C(C)(C)C)[C@@H](COC(=O)C(C)(C)C)OCn1ccnc1[N+](=O)[O-]. The molecule has 0 bridgehead atoms. The third-order valence-electron chi connectivity index (χ3n) is 6.48. The van der Waals surface area contributed by atoms with E-state index in [4.69, 9.17) is 23.7 Å². The Morgan fingerprint density at radius 2 is 1.59 bits per heavy atom. The van der Waals surface area contributed by atoms with E-state index in [1.807, 2.05) is 0 Å². The van der Waals surface area contributed by atoms with Gasteiger partial charge in [0.1, 0.15) is 31.7 Å². The van der Waals surface area contributed by atoms with E-state index in [1.165, 1.54) is 12.3 Å². The number of methoxy groups -OCH3 is 1. The van der Waals surface area contributed by atoms with Crippen molar-refractivity contribution in [2.24, 2.45) is 16.7 Å². The fraction of sp³-hybridized carbons (Fsp3) is 0.643. The van der Waals surface area contributed by atoms with Crippen LogP contribution in [0.15, 0.2) is 36.7 Å². The zero-order valence-corrected chi connectivity index (χ0v) is 25.6. The molecule has 0 amide bonds. The second-order valence-corrected chi connectivity index (χ2v) is 12.1. The van der Waals surface area contributed by atoms with Crippen LogP contribution in [0.4, 0.5) is 19.1 Å². The maximum absolute atomic E-state index is 14.1. The molecule has 0 aliphatic heterocycles. The first-order chi connectivity index (χ1) is 20.2. The van der Waals surface area contributed by atoms with Gasteiger partial charge in [-0.1, -0.05) is 23.2 Å². The van der Waals surface area contributed by atoms with Gasteiger partial charge >= 0.3 is 30.0 Å². The van der Waals surface area contributed by atoms with Crippen molar-refractivity contribution < 1.29 is 56.2 Å². The molecule has 1 aliphatic carbocycles. The molecule has 1 heterocycles. The van der Waals surface area contributed by atoms with Crippen LogP contribution < -0.4 is 0 Å². The van der Waals surface area contributed by atoms with Crippen LogP contribution in [0.5, 0.6) is 0 Å². The molecule has 0 saturated carbocycles. The minimum Gasteiger partial charge on any atom is -0.462 e. The van der Waals surface area contributed by atoms with E-state index < -0.39 is 95.9 Å². The summed E-state index contributed by atoms with van der Waals surface area (Å²) in [6, 6.07) is 0. The lowest BCUT2D eigenvalue weighted by Crippen LogP contribution is -2.52. The molecule has 0 aromatic carbocycles. The van der Waals surface area contributed by atoms with Crippen LogP contribution in [-0.2, 0) is 44.8 Å². The summed E-state index contributed by atoms with van der Waals surface area (Å²) in [6.45, 7) is 7.70. The summed E-state index contributed by atoms with van der Waals surface area (Å²) >= 11 is 0. The summed E-state index contributed by atoms with van der Waals surface area (Å²) in [5, 5.41) is 11.3. The summed E-state index contributed by atoms with van der Waals surface area (Å²) < 4.78 is 70.0. The molecule has 2 rings (SSSR count). The first-order valence-corrected chi connectivity index (χ1v) is 13.5. The predicted octanol–water partition coefficient (Wildman–Crippen LogP) is 4.30. The fourth-order valence-corrected chi connectivity index (χ4v) is 3.90. The van der Waals surface area contributed by atoms with Crippen molar-refractivity contribution in [3.63, 3.8) is 0 Å². The number of aromatic nitrogens is 2. The molecule has 13 nitrogen and oxygen atoms in total. The van der Waals surface area contributed by atoms with E-state index in [-0.39, 0.29) is 0 Å². The van der Waals surface area contributed by atoms with Crippen LogP contribution in [-0.4, -0.2) is 76.7 Å². The van der Waals surface area contributed by atoms with Crippen molar-refractivity contribution >= 4 is 23.9 Å². The van der Waals surface area contributed by atoms with Crippen LogP contribution in [0.1, 0.15) is 48.0 Å². The van der Waals surface area contributed by atoms with Gasteiger partial charge in [-0.15, -0.1) is 0 Å². The Hall–Kier alpha value is -3.79. The van der Waals surface area contributed by atoms with Gasteiger partial charge in [-0.3, -0.25) is 14.4 Å². The van der Waals surface area contributed by atoms with E-state index >= 15 is 0 Å². The molecule has 0 radical (unpaired) electrons. The Morgan fingerprint density at radius 1 is 1.02 bits per heavy atom. The molecule has 4 atom stereocenters. The molecule has 0 saturated heterocycles. The largest absolute Gasteiger partial charge is 0.462 e. The predicted molar refractivity (Wildman–Crippen MR) is 147 cm³/mol. The molecular weight excluding hydrogens is 595 g/mol. The maximum Gasteiger partial charge on any atom is 0.436 e. The molecule has 0 N–H and O–H groups in total. The first kappa shape index (κ1) is 36.4. The lowest BCUT2D eigenvalue weighted by molar-refractivity contribution is -0.397. The number of nitrogens with zero attached hydrogens (tertiary/aromatic N) is 3. The number of nitro groups is 1. The molecule has 1 aromatic rings. The van der Waals surface area contributed by atoms with Gasteiger partial charge in [-0.2, -0.15) is 13.2 Å². The molecule has 1 aliphatic rings. The van der Waals surface area contributed by atoms with E-state index in [2.05, 4.69) is 4.98 Å². The van der Waals surface area contributed by atoms with Gasteiger partial charge in [0.15, 0.2) is 18.4 Å². The lowest BCUT2D eigenvalue weighted by Gasteiger charge is -2.38. The number of carbonyl (C=O) groups is 3. The molecule has 0 spiro atoms. The summed E-state index contributed by atoms with van der Waals surface area (Å²) in [5.74, 6) is -4.62. The Labute approximate surface area is 252 Å². The summed E-state index contributed by atoms with van der Waals surface area (Å²) in [7, 11) is 0.868. The highest BCUT2D eigenvalue weighted by molar-refractivity contribution is 5.76. The van der Waals surface area contributed by atoms with Crippen LogP contribution in [0.3, 0.4) is 0 Å². The average molecular weight is 634 g/mol. The van der Waals surface area contributed by atoms with Crippen molar-refractivity contribution in [1.29, 1.82) is 0 Å². The number of rotatable bonds is 13. The van der Waals surface area contributed by atoms with Gasteiger partial charge in [-0.05, 0) is 52.5 Å². The standard InChI is InChI=1S/C28H38F3N3O10/c1-25(2,3)22(36)41-15-19(43-17-33-13-12-32-24(33)34(38)39)20(16-42-23(37)26(4,5)6)44-21(35)14-18-10-8-9-11-27(18,40-7)28(29,30)31/h8-13,18-20H,14-17H2,1-7H3/t18-,19+,20-,27?/m0/s1. The van der Waals surface area contributed by atoms with Crippen molar-refractivity contribution in [3.8, 4) is 0 Å². The second-order valence-electron chi connectivity index (χ2n) is 12.1. The highest BCUT2D eigenvalue weighted by Gasteiger charge is 2.59. The molecule has 44 heavy (non-hydrogen) atoms. The molecule has 16 heteroatoms. The normalized spacial score (nSPS) is 20.1. The van der Waals surface area contributed by atoms with Crippen molar-refractivity contribution in [2.75, 3.05) is 20.3 Å². The van der Waals surface area contributed by atoms with Gasteiger partial charge in [0.05, 0.1) is 17.3 Å². The molecule has 1 unspecified atom stereocenters. The monoisotopic (exact) mass is 633 g/mol. The van der Waals surface area contributed by atoms with Crippen LogP contribution in [0, 0.1) is 26.9 Å². The molecular formula is C28H38F3N3O10. The van der Waals surface area contributed by atoms with Crippen molar-refractivity contribution in [2.45, 2.75) is 78.7 Å². The highest BCUT2D eigenvalue weighted by atomic mass is 19.4. The van der Waals surface area contributed by atoms with Crippen molar-refractivity contribution in [1.82, 2.24) is 9.55 Å². The Balaban J connectivity index is 2.40. The summed E-state index contributed by atoms with van der Waals surface area (Å²) in [5.41, 5.74) is -4.75. The number of carbonyl (C=O) groups excluding carboxylic acids is 3. The number of ether oxygens (including phenoxy) is 5. The molecule has 0 fully saturated rings. The molecule has 246 valence electrons. The summed E-state index contributed by atoms with van der Waals surface area (Å²) in [6.07, 6.45) is -1.79. The van der Waals surface area contributed by atoms with Gasteiger partial charge < -0.3 is 33.8 Å². The van der Waals surface area contributed by atoms with Crippen LogP contribution in [0.2, 0.25) is 0 Å². The lowest BCUT2D eigenvalue weighted by atomic mass is 9.80. The topological polar surface area (TPSA) is 158 Å². The number of esters is 3. The number of halogens is 3. The highest BCUT2D eigenvalue weighted by Crippen LogP contribution is 2.44. The number of allylic oxidation sites excluding steroid dienone is 2. The number of hydrogen-bond donors (Lipinski definition) is 0. The van der Waals surface area contributed by atoms with Gasteiger partial charge in [0.2, 0.25) is 0 Å². The average Bonchev–Trinajstić information content (AvgIpc) is 3.38. The molecule has 1 aromatic heterocycles. The first-order valence-electron chi connectivity index (χ1n) is 13.5. The number of hydrogen-bond acceptors (Lipinski definition) is 11. The Morgan fingerprint density at radius 3 is 2.09 bits per heavy atom.